The molecule has 0 aliphatic heterocycles. The van der Waals surface area contributed by atoms with Crippen LogP contribution >= 0.6 is 23.2 Å². The molecule has 0 unspecified atom stereocenters. The van der Waals surface area contributed by atoms with Gasteiger partial charge in [-0.3, -0.25) is 4.79 Å². The van der Waals surface area contributed by atoms with Gasteiger partial charge in [0.05, 0.1) is 18.0 Å². The molecule has 3 aromatic rings. The zero-order chi connectivity index (χ0) is 21.1. The van der Waals surface area contributed by atoms with Crippen molar-refractivity contribution < 1.29 is 18.7 Å². The Balaban J connectivity index is 2.17. The van der Waals surface area contributed by atoms with Gasteiger partial charge in [-0.25, -0.2) is 9.18 Å². The maximum absolute atomic E-state index is 14.4. The standard InChI is InChI=1S/C21H18Cl2FNO4/c1-3-16-13(8-11-4-5-12(22)9-14(11)23)21(27)19-17(29-10-18(26)28-2)7-6-15(24)20(19)25-16/h4-7,9H,3,8,10H2,1-2H3,(H,25,27). The van der Waals surface area contributed by atoms with Gasteiger partial charge in [-0.05, 0) is 36.2 Å². The number of fused-ring (bicyclic) bond motifs is 1. The summed E-state index contributed by atoms with van der Waals surface area (Å²) < 4.78 is 24.4. The molecule has 0 aliphatic rings. The number of carbonyl (C=O) groups is 1. The van der Waals surface area contributed by atoms with Crippen LogP contribution in [0.2, 0.25) is 10.0 Å². The predicted molar refractivity (Wildman–Crippen MR) is 111 cm³/mol. The molecule has 3 rings (SSSR count). The maximum Gasteiger partial charge on any atom is 0.343 e. The van der Waals surface area contributed by atoms with Crippen LogP contribution in [-0.2, 0) is 22.4 Å². The SMILES string of the molecule is CCc1[nH]c2c(F)ccc(OCC(=O)OC)c2c(=O)c1Cc1ccc(Cl)cc1Cl. The first-order valence-corrected chi connectivity index (χ1v) is 9.61. The van der Waals surface area contributed by atoms with Crippen molar-refractivity contribution in [3.8, 4) is 5.75 Å². The number of benzene rings is 2. The molecule has 5 nitrogen and oxygen atoms in total. The summed E-state index contributed by atoms with van der Waals surface area (Å²) in [5, 5.41) is 0.953. The third-order valence-electron chi connectivity index (χ3n) is 4.57. The number of rotatable bonds is 6. The van der Waals surface area contributed by atoms with E-state index < -0.39 is 18.4 Å². The second kappa shape index (κ2) is 8.84. The number of hydrogen-bond acceptors (Lipinski definition) is 4. The summed E-state index contributed by atoms with van der Waals surface area (Å²) in [6.07, 6.45) is 0.718. The molecule has 0 saturated carbocycles. The Hall–Kier alpha value is -2.57. The van der Waals surface area contributed by atoms with Gasteiger partial charge in [0, 0.05) is 27.7 Å². The topological polar surface area (TPSA) is 68.4 Å². The number of carbonyl (C=O) groups excluding carboxylic acids is 1. The Kier molecular flexibility index (Phi) is 6.45. The van der Waals surface area contributed by atoms with Gasteiger partial charge in [0.15, 0.2) is 12.0 Å². The lowest BCUT2D eigenvalue weighted by molar-refractivity contribution is -0.142. The molecule has 8 heteroatoms. The van der Waals surface area contributed by atoms with E-state index in [0.29, 0.717) is 33.3 Å². The van der Waals surface area contributed by atoms with Gasteiger partial charge in [-0.15, -0.1) is 0 Å². The summed E-state index contributed by atoms with van der Waals surface area (Å²) in [6.45, 7) is 1.46. The van der Waals surface area contributed by atoms with Crippen molar-refractivity contribution in [2.45, 2.75) is 19.8 Å². The quantitative estimate of drug-likeness (QED) is 0.568. The summed E-state index contributed by atoms with van der Waals surface area (Å²) in [7, 11) is 1.22. The second-order valence-corrected chi connectivity index (χ2v) is 7.18. The number of aryl methyl sites for hydroxylation is 1. The van der Waals surface area contributed by atoms with Crippen LogP contribution in [-0.4, -0.2) is 24.7 Å². The Morgan fingerprint density at radius 3 is 2.62 bits per heavy atom. The summed E-state index contributed by atoms with van der Waals surface area (Å²) in [5.41, 5.74) is 1.39. The highest BCUT2D eigenvalue weighted by Gasteiger charge is 2.19. The molecule has 0 saturated heterocycles. The van der Waals surface area contributed by atoms with E-state index in [1.807, 2.05) is 6.92 Å². The highest BCUT2D eigenvalue weighted by Crippen LogP contribution is 2.28. The number of nitrogens with one attached hydrogen (secondary N) is 1. The molecular weight excluding hydrogens is 420 g/mol. The summed E-state index contributed by atoms with van der Waals surface area (Å²) in [6, 6.07) is 7.53. The molecule has 2 aromatic carbocycles. The van der Waals surface area contributed by atoms with Gasteiger partial charge < -0.3 is 14.5 Å². The van der Waals surface area contributed by atoms with Gasteiger partial charge in [-0.2, -0.15) is 0 Å². The van der Waals surface area contributed by atoms with Crippen molar-refractivity contribution in [3.63, 3.8) is 0 Å². The smallest absolute Gasteiger partial charge is 0.343 e. The number of pyridine rings is 1. The van der Waals surface area contributed by atoms with Crippen LogP contribution in [0, 0.1) is 5.82 Å². The molecule has 1 heterocycles. The van der Waals surface area contributed by atoms with E-state index in [1.54, 1.807) is 18.2 Å². The Morgan fingerprint density at radius 2 is 1.97 bits per heavy atom. The lowest BCUT2D eigenvalue weighted by Gasteiger charge is -2.14. The number of aromatic amines is 1. The van der Waals surface area contributed by atoms with E-state index in [9.17, 15) is 14.0 Å². The van der Waals surface area contributed by atoms with E-state index in [4.69, 9.17) is 27.9 Å². The summed E-state index contributed by atoms with van der Waals surface area (Å²) in [5.74, 6) is -1.11. The maximum atomic E-state index is 14.4. The van der Waals surface area contributed by atoms with Gasteiger partial charge >= 0.3 is 5.97 Å². The van der Waals surface area contributed by atoms with Crippen LogP contribution in [0.25, 0.3) is 10.9 Å². The normalized spacial score (nSPS) is 10.9. The average Bonchev–Trinajstić information content (AvgIpc) is 2.70. The van der Waals surface area contributed by atoms with Crippen molar-refractivity contribution in [2.24, 2.45) is 0 Å². The number of hydrogen-bond donors (Lipinski definition) is 1. The van der Waals surface area contributed by atoms with Crippen molar-refractivity contribution in [3.05, 3.63) is 73.2 Å². The Bertz CT molecular complexity index is 1140. The molecule has 0 radical (unpaired) electrons. The molecule has 0 atom stereocenters. The Morgan fingerprint density at radius 1 is 1.21 bits per heavy atom. The molecule has 152 valence electrons. The zero-order valence-corrected chi connectivity index (χ0v) is 17.3. The van der Waals surface area contributed by atoms with Crippen LogP contribution in [0.4, 0.5) is 4.39 Å². The van der Waals surface area contributed by atoms with Gasteiger partial charge in [0.1, 0.15) is 11.6 Å². The number of aromatic nitrogens is 1. The first-order valence-electron chi connectivity index (χ1n) is 8.85. The number of esters is 1. The van der Waals surface area contributed by atoms with Crippen LogP contribution in [0.5, 0.6) is 5.75 Å². The van der Waals surface area contributed by atoms with Gasteiger partial charge in [0.2, 0.25) is 0 Å². The molecule has 1 N–H and O–H groups in total. The van der Waals surface area contributed by atoms with Crippen molar-refractivity contribution >= 4 is 40.1 Å². The molecule has 0 amide bonds. The number of H-pyrrole nitrogens is 1. The van der Waals surface area contributed by atoms with Crippen LogP contribution in [0.15, 0.2) is 35.1 Å². The fourth-order valence-corrected chi connectivity index (χ4v) is 3.56. The van der Waals surface area contributed by atoms with E-state index in [0.717, 1.165) is 0 Å². The highest BCUT2D eigenvalue weighted by atomic mass is 35.5. The molecule has 0 bridgehead atoms. The summed E-state index contributed by atoms with van der Waals surface area (Å²) in [4.78, 5) is 27.7. The third-order valence-corrected chi connectivity index (χ3v) is 5.15. The molecule has 0 spiro atoms. The molecule has 1 aromatic heterocycles. The van der Waals surface area contributed by atoms with Crippen LogP contribution in [0.3, 0.4) is 0 Å². The largest absolute Gasteiger partial charge is 0.481 e. The van der Waals surface area contributed by atoms with E-state index in [2.05, 4.69) is 9.72 Å². The molecule has 29 heavy (non-hydrogen) atoms. The van der Waals surface area contributed by atoms with E-state index in [-0.39, 0.29) is 28.5 Å². The third kappa shape index (κ3) is 4.38. The fourth-order valence-electron chi connectivity index (χ4n) is 3.08. The molecule has 0 aliphatic carbocycles. The fraction of sp³-hybridized carbons (Fsp3) is 0.238. The molecular formula is C21H18Cl2FNO4. The monoisotopic (exact) mass is 437 g/mol. The first-order chi connectivity index (χ1) is 13.8. The lowest BCUT2D eigenvalue weighted by atomic mass is 9.99. The van der Waals surface area contributed by atoms with E-state index in [1.165, 1.54) is 19.2 Å². The molecule has 0 fully saturated rings. The van der Waals surface area contributed by atoms with Crippen LogP contribution in [0.1, 0.15) is 23.7 Å². The second-order valence-electron chi connectivity index (χ2n) is 6.34. The van der Waals surface area contributed by atoms with Gasteiger partial charge in [0.25, 0.3) is 0 Å². The predicted octanol–water partition coefficient (Wildman–Crippen LogP) is 4.68. The minimum Gasteiger partial charge on any atom is -0.481 e. The van der Waals surface area contributed by atoms with Crippen molar-refractivity contribution in [1.29, 1.82) is 0 Å². The Labute approximate surface area is 176 Å². The van der Waals surface area contributed by atoms with E-state index >= 15 is 0 Å². The minimum absolute atomic E-state index is 0.0279. The lowest BCUT2D eigenvalue weighted by Crippen LogP contribution is -2.18. The van der Waals surface area contributed by atoms with Gasteiger partial charge in [-0.1, -0.05) is 36.2 Å². The van der Waals surface area contributed by atoms with Crippen molar-refractivity contribution in [1.82, 2.24) is 4.98 Å². The highest BCUT2D eigenvalue weighted by molar-refractivity contribution is 6.35. The first kappa shape index (κ1) is 21.1. The van der Waals surface area contributed by atoms with Crippen LogP contribution < -0.4 is 10.2 Å². The zero-order valence-electron chi connectivity index (χ0n) is 15.8. The minimum atomic E-state index is -0.614. The average molecular weight is 438 g/mol. The number of ether oxygens (including phenoxy) is 2. The number of halogens is 3. The van der Waals surface area contributed by atoms with Crippen molar-refractivity contribution in [2.75, 3.05) is 13.7 Å². The number of methoxy groups -OCH3 is 1. The summed E-state index contributed by atoms with van der Waals surface area (Å²) >= 11 is 12.2.